The highest BCUT2D eigenvalue weighted by Gasteiger charge is 2.40. The number of carbonyl (C=O) groups is 2. The van der Waals surface area contributed by atoms with Gasteiger partial charge in [0.25, 0.3) is 5.69 Å². The van der Waals surface area contributed by atoms with E-state index in [0.29, 0.717) is 28.8 Å². The number of nitrogens with one attached hydrogen (secondary N) is 1. The Morgan fingerprint density at radius 2 is 1.85 bits per heavy atom. The molecule has 0 saturated heterocycles. The molecule has 8 heteroatoms. The third kappa shape index (κ3) is 5.10. The number of carboxylic acids is 1. The highest BCUT2D eigenvalue weighted by Crippen LogP contribution is 2.41. The first-order valence-electron chi connectivity index (χ1n) is 11.4. The monoisotopic (exact) mass is 456 g/mol. The minimum atomic E-state index is -1.19. The second kappa shape index (κ2) is 9.77. The van der Waals surface area contributed by atoms with Gasteiger partial charge in [-0.2, -0.15) is 0 Å². The number of ether oxygens (including phenoxy) is 1. The number of hydrogen-bond acceptors (Lipinski definition) is 6. The molecule has 0 amide bonds. The lowest BCUT2D eigenvalue weighted by molar-refractivity contribution is -0.384. The molecule has 2 aliphatic rings. The van der Waals surface area contributed by atoms with Crippen LogP contribution in [0.4, 0.5) is 5.69 Å². The van der Waals surface area contributed by atoms with E-state index in [-0.39, 0.29) is 28.9 Å². The standard InChI is InChI=1S/C25H32N2O6/c1-13(2)19-10-9-14(3)11-20(19)33-25(30)22-16(5)26-15(4)21(24(28)29)23(22)17-7-6-8-18(12-17)27(31)32/h6-8,12-14,19-20,23,26H,9-11H2,1-5H3,(H,28,29). The SMILES string of the molecule is CC1=C(C(=O)O)C(c2cccc([N+](=O)[O-])c2)C(C(=O)OC2CC(C)CCC2C(C)C)=C(C)N1. The number of benzene rings is 1. The number of hydrogen-bond donors (Lipinski definition) is 2. The molecule has 0 aromatic heterocycles. The smallest absolute Gasteiger partial charge is 0.337 e. The van der Waals surface area contributed by atoms with Crippen molar-refractivity contribution in [2.75, 3.05) is 0 Å². The highest BCUT2D eigenvalue weighted by atomic mass is 16.6. The number of carboxylic acid groups (broad SMARTS) is 1. The molecule has 3 rings (SSSR count). The van der Waals surface area contributed by atoms with E-state index in [9.17, 15) is 24.8 Å². The Bertz CT molecular complexity index is 1030. The first-order valence-corrected chi connectivity index (χ1v) is 11.4. The number of dihydropyridines is 1. The minimum Gasteiger partial charge on any atom is -0.478 e. The van der Waals surface area contributed by atoms with Crippen LogP contribution in [0.3, 0.4) is 0 Å². The fraction of sp³-hybridized carbons (Fsp3) is 0.520. The van der Waals surface area contributed by atoms with Gasteiger partial charge in [-0.1, -0.05) is 39.3 Å². The van der Waals surface area contributed by atoms with Crippen LogP contribution in [0.5, 0.6) is 0 Å². The lowest BCUT2D eigenvalue weighted by atomic mass is 9.75. The third-order valence-electron chi connectivity index (χ3n) is 6.84. The number of carbonyl (C=O) groups excluding carboxylic acids is 1. The Morgan fingerprint density at radius 1 is 1.18 bits per heavy atom. The zero-order chi connectivity index (χ0) is 24.4. The predicted octanol–water partition coefficient (Wildman–Crippen LogP) is 4.92. The number of allylic oxidation sites excluding steroid dienone is 2. The van der Waals surface area contributed by atoms with E-state index >= 15 is 0 Å². The lowest BCUT2D eigenvalue weighted by Gasteiger charge is -2.38. The third-order valence-corrected chi connectivity index (χ3v) is 6.84. The largest absolute Gasteiger partial charge is 0.478 e. The minimum absolute atomic E-state index is 0.0227. The Kier molecular flexibility index (Phi) is 7.25. The normalized spacial score (nSPS) is 25.6. The molecule has 1 aliphatic carbocycles. The van der Waals surface area contributed by atoms with Crippen LogP contribution < -0.4 is 5.32 Å². The molecule has 1 heterocycles. The molecule has 1 aromatic carbocycles. The van der Waals surface area contributed by atoms with Crippen molar-refractivity contribution in [2.45, 2.75) is 65.9 Å². The molecule has 4 atom stereocenters. The van der Waals surface area contributed by atoms with Crippen molar-refractivity contribution in [1.29, 1.82) is 0 Å². The average molecular weight is 457 g/mol. The van der Waals surface area contributed by atoms with Crippen molar-refractivity contribution >= 4 is 17.6 Å². The van der Waals surface area contributed by atoms with Crippen LogP contribution in [0.2, 0.25) is 0 Å². The van der Waals surface area contributed by atoms with Crippen molar-refractivity contribution in [3.05, 3.63) is 62.5 Å². The Hall–Kier alpha value is -3.16. The molecule has 4 unspecified atom stereocenters. The van der Waals surface area contributed by atoms with Gasteiger partial charge in [0.05, 0.1) is 22.0 Å². The zero-order valence-corrected chi connectivity index (χ0v) is 19.8. The van der Waals surface area contributed by atoms with Crippen LogP contribution in [-0.4, -0.2) is 28.1 Å². The number of nitrogens with zero attached hydrogens (tertiary/aromatic N) is 1. The fourth-order valence-corrected chi connectivity index (χ4v) is 5.15. The van der Waals surface area contributed by atoms with Gasteiger partial charge in [0.2, 0.25) is 0 Å². The van der Waals surface area contributed by atoms with Crippen LogP contribution in [0.25, 0.3) is 0 Å². The second-order valence-electron chi connectivity index (χ2n) is 9.56. The van der Waals surface area contributed by atoms with Crippen LogP contribution in [-0.2, 0) is 14.3 Å². The number of non-ortho nitro benzene ring substituents is 1. The maximum absolute atomic E-state index is 13.6. The van der Waals surface area contributed by atoms with Crippen molar-refractivity contribution in [2.24, 2.45) is 17.8 Å². The van der Waals surface area contributed by atoms with E-state index in [0.717, 1.165) is 19.3 Å². The molecular formula is C25H32N2O6. The van der Waals surface area contributed by atoms with Crippen molar-refractivity contribution < 1.29 is 24.4 Å². The molecule has 1 aliphatic heterocycles. The van der Waals surface area contributed by atoms with Crippen molar-refractivity contribution in [1.82, 2.24) is 5.32 Å². The average Bonchev–Trinajstić information content (AvgIpc) is 2.72. The quantitative estimate of drug-likeness (QED) is 0.354. The van der Waals surface area contributed by atoms with Gasteiger partial charge < -0.3 is 15.2 Å². The van der Waals surface area contributed by atoms with E-state index in [1.807, 2.05) is 0 Å². The number of rotatable bonds is 6. The van der Waals surface area contributed by atoms with Gasteiger partial charge in [0.1, 0.15) is 6.10 Å². The van der Waals surface area contributed by atoms with Crippen molar-refractivity contribution in [3.63, 3.8) is 0 Å². The van der Waals surface area contributed by atoms with Gasteiger partial charge in [-0.3, -0.25) is 10.1 Å². The van der Waals surface area contributed by atoms with Gasteiger partial charge in [-0.15, -0.1) is 0 Å². The maximum Gasteiger partial charge on any atom is 0.337 e. The predicted molar refractivity (Wildman–Crippen MR) is 123 cm³/mol. The molecular weight excluding hydrogens is 424 g/mol. The van der Waals surface area contributed by atoms with Crippen molar-refractivity contribution in [3.8, 4) is 0 Å². The summed E-state index contributed by atoms with van der Waals surface area (Å²) in [7, 11) is 0. The molecule has 178 valence electrons. The summed E-state index contributed by atoms with van der Waals surface area (Å²) in [5.41, 5.74) is 1.24. The summed E-state index contributed by atoms with van der Waals surface area (Å²) in [4.78, 5) is 36.6. The number of esters is 1. The van der Waals surface area contributed by atoms with Crippen LogP contribution in [0, 0.1) is 27.9 Å². The number of aliphatic carboxylic acids is 1. The molecule has 1 aromatic rings. The summed E-state index contributed by atoms with van der Waals surface area (Å²) < 4.78 is 6.05. The van der Waals surface area contributed by atoms with Gasteiger partial charge in [0, 0.05) is 23.5 Å². The molecule has 1 fully saturated rings. The van der Waals surface area contributed by atoms with Gasteiger partial charge in [-0.25, -0.2) is 9.59 Å². The van der Waals surface area contributed by atoms with E-state index in [2.05, 4.69) is 26.1 Å². The highest BCUT2D eigenvalue weighted by molar-refractivity contribution is 5.99. The summed E-state index contributed by atoms with van der Waals surface area (Å²) in [6, 6.07) is 5.78. The number of nitro benzene ring substituents is 1. The molecule has 0 radical (unpaired) electrons. The molecule has 0 spiro atoms. The summed E-state index contributed by atoms with van der Waals surface area (Å²) in [5, 5.41) is 24.3. The molecule has 33 heavy (non-hydrogen) atoms. The van der Waals surface area contributed by atoms with E-state index in [4.69, 9.17) is 4.74 Å². The first kappa shape index (κ1) is 24.5. The molecule has 1 saturated carbocycles. The zero-order valence-electron chi connectivity index (χ0n) is 19.8. The summed E-state index contributed by atoms with van der Waals surface area (Å²) in [6.07, 6.45) is 2.56. The van der Waals surface area contributed by atoms with Crippen LogP contribution >= 0.6 is 0 Å². The number of nitro groups is 1. The topological polar surface area (TPSA) is 119 Å². The van der Waals surface area contributed by atoms with Crippen LogP contribution in [0.15, 0.2) is 46.8 Å². The fourth-order valence-electron chi connectivity index (χ4n) is 5.15. The lowest BCUT2D eigenvalue weighted by Crippen LogP contribution is -2.38. The van der Waals surface area contributed by atoms with Gasteiger partial charge >= 0.3 is 11.9 Å². The van der Waals surface area contributed by atoms with Crippen LogP contribution in [0.1, 0.15) is 65.4 Å². The second-order valence-corrected chi connectivity index (χ2v) is 9.56. The first-order chi connectivity index (χ1) is 15.5. The van der Waals surface area contributed by atoms with E-state index in [1.165, 1.54) is 18.2 Å². The summed E-state index contributed by atoms with van der Waals surface area (Å²) >= 11 is 0. The molecule has 8 nitrogen and oxygen atoms in total. The molecule has 0 bridgehead atoms. The summed E-state index contributed by atoms with van der Waals surface area (Å²) in [6.45, 7) is 9.71. The summed E-state index contributed by atoms with van der Waals surface area (Å²) in [5.74, 6) is -1.74. The Labute approximate surface area is 193 Å². The molecule has 2 N–H and O–H groups in total. The Balaban J connectivity index is 2.04. The van der Waals surface area contributed by atoms with Gasteiger partial charge in [-0.05, 0) is 50.0 Å². The van der Waals surface area contributed by atoms with E-state index in [1.54, 1.807) is 19.9 Å². The van der Waals surface area contributed by atoms with Gasteiger partial charge in [0.15, 0.2) is 0 Å². The Morgan fingerprint density at radius 3 is 2.45 bits per heavy atom. The maximum atomic E-state index is 13.6. The van der Waals surface area contributed by atoms with E-state index < -0.39 is 22.8 Å².